The average Bonchev–Trinajstić information content (AvgIpc) is 2.89. The molecule has 3 rings (SSSR count). The second kappa shape index (κ2) is 5.54. The predicted octanol–water partition coefficient (Wildman–Crippen LogP) is 4.83. The number of aryl methyl sites for hydroxylation is 1. The number of hydrogen-bond acceptors (Lipinski definition) is 2. The third-order valence-electron chi connectivity index (χ3n) is 3.49. The summed E-state index contributed by atoms with van der Waals surface area (Å²) >= 11 is 1.56. The summed E-state index contributed by atoms with van der Waals surface area (Å²) in [5, 5.41) is 13.6. The van der Waals surface area contributed by atoms with Gasteiger partial charge in [0.05, 0.1) is 5.57 Å². The first kappa shape index (κ1) is 13.6. The molecule has 0 aliphatic rings. The minimum absolute atomic E-state index is 0.331. The maximum Gasteiger partial charge on any atom is 0.336 e. The zero-order valence-electron chi connectivity index (χ0n) is 11.5. The summed E-state index contributed by atoms with van der Waals surface area (Å²) in [5.74, 6) is -0.904. The second-order valence-corrected chi connectivity index (χ2v) is 5.81. The molecule has 0 aliphatic heterocycles. The van der Waals surface area contributed by atoms with Gasteiger partial charge in [0.15, 0.2) is 0 Å². The van der Waals surface area contributed by atoms with Gasteiger partial charge in [-0.1, -0.05) is 42.5 Å². The Hall–Kier alpha value is -2.39. The van der Waals surface area contributed by atoms with Gasteiger partial charge in [-0.25, -0.2) is 4.79 Å². The molecular weight excluding hydrogens is 280 g/mol. The third-order valence-corrected chi connectivity index (χ3v) is 4.45. The summed E-state index contributed by atoms with van der Waals surface area (Å²) in [5.41, 5.74) is 2.18. The summed E-state index contributed by atoms with van der Waals surface area (Å²) < 4.78 is 0. The van der Waals surface area contributed by atoms with Crippen molar-refractivity contribution in [3.05, 3.63) is 69.9 Å². The van der Waals surface area contributed by atoms with E-state index in [0.29, 0.717) is 5.57 Å². The highest BCUT2D eigenvalue weighted by Crippen LogP contribution is 2.29. The van der Waals surface area contributed by atoms with Crippen LogP contribution in [0.1, 0.15) is 16.0 Å². The van der Waals surface area contributed by atoms with Crippen molar-refractivity contribution in [1.29, 1.82) is 0 Å². The number of fused-ring (bicyclic) bond motifs is 1. The molecular formula is C18H14O2S. The maximum absolute atomic E-state index is 11.7. The van der Waals surface area contributed by atoms with Crippen molar-refractivity contribution in [3.8, 4) is 0 Å². The molecule has 0 unspecified atom stereocenters. The summed E-state index contributed by atoms with van der Waals surface area (Å²) in [6.07, 6.45) is 1.77. The number of carbonyl (C=O) groups is 1. The number of thiophene rings is 1. The van der Waals surface area contributed by atoms with Crippen LogP contribution in [0.4, 0.5) is 0 Å². The van der Waals surface area contributed by atoms with E-state index in [0.717, 1.165) is 26.8 Å². The van der Waals surface area contributed by atoms with E-state index in [1.165, 1.54) is 0 Å². The Kier molecular flexibility index (Phi) is 3.59. The molecule has 0 bridgehead atoms. The van der Waals surface area contributed by atoms with Crippen LogP contribution >= 0.6 is 11.3 Å². The van der Waals surface area contributed by atoms with E-state index >= 15 is 0 Å². The number of benzene rings is 2. The summed E-state index contributed by atoms with van der Waals surface area (Å²) in [4.78, 5) is 12.7. The monoisotopic (exact) mass is 294 g/mol. The third kappa shape index (κ3) is 2.60. The first-order chi connectivity index (χ1) is 10.2. The molecule has 2 aromatic carbocycles. The van der Waals surface area contributed by atoms with E-state index in [2.05, 4.69) is 0 Å². The SMILES string of the molecule is Cc1ccsc1/C=C(\C(=O)O)c1cccc2ccccc12. The van der Waals surface area contributed by atoms with Gasteiger partial charge in [-0.2, -0.15) is 0 Å². The fourth-order valence-corrected chi connectivity index (χ4v) is 3.24. The molecule has 1 heterocycles. The van der Waals surface area contributed by atoms with Crippen LogP contribution in [0.3, 0.4) is 0 Å². The fourth-order valence-electron chi connectivity index (χ4n) is 2.38. The van der Waals surface area contributed by atoms with Crippen molar-refractivity contribution >= 4 is 39.7 Å². The quantitative estimate of drug-likeness (QED) is 0.702. The molecule has 0 saturated carbocycles. The lowest BCUT2D eigenvalue weighted by atomic mass is 9.97. The number of carboxylic acid groups (broad SMARTS) is 1. The molecule has 104 valence electrons. The molecule has 3 heteroatoms. The van der Waals surface area contributed by atoms with Gasteiger partial charge in [-0.05, 0) is 46.3 Å². The molecule has 0 aliphatic carbocycles. The van der Waals surface area contributed by atoms with Crippen molar-refractivity contribution in [1.82, 2.24) is 0 Å². The van der Waals surface area contributed by atoms with Crippen LogP contribution in [0.5, 0.6) is 0 Å². The second-order valence-electron chi connectivity index (χ2n) is 4.86. The van der Waals surface area contributed by atoms with E-state index in [4.69, 9.17) is 0 Å². The maximum atomic E-state index is 11.7. The Morgan fingerprint density at radius 3 is 2.57 bits per heavy atom. The lowest BCUT2D eigenvalue weighted by Gasteiger charge is -2.07. The van der Waals surface area contributed by atoms with Crippen LogP contribution < -0.4 is 0 Å². The molecule has 21 heavy (non-hydrogen) atoms. The summed E-state index contributed by atoms with van der Waals surface area (Å²) in [7, 11) is 0. The normalized spacial score (nSPS) is 11.8. The highest BCUT2D eigenvalue weighted by atomic mass is 32.1. The smallest absolute Gasteiger partial charge is 0.336 e. The highest BCUT2D eigenvalue weighted by molar-refractivity contribution is 7.11. The molecule has 0 saturated heterocycles. The lowest BCUT2D eigenvalue weighted by Crippen LogP contribution is -2.00. The molecule has 0 amide bonds. The van der Waals surface area contributed by atoms with Crippen LogP contribution in [-0.2, 0) is 4.79 Å². The van der Waals surface area contributed by atoms with Crippen LogP contribution in [0.15, 0.2) is 53.9 Å². The first-order valence-electron chi connectivity index (χ1n) is 6.64. The van der Waals surface area contributed by atoms with Crippen LogP contribution in [0.2, 0.25) is 0 Å². The number of aliphatic carboxylic acids is 1. The zero-order chi connectivity index (χ0) is 14.8. The molecule has 1 aromatic heterocycles. The lowest BCUT2D eigenvalue weighted by molar-refractivity contribution is -0.130. The largest absolute Gasteiger partial charge is 0.478 e. The Balaban J connectivity index is 2.24. The molecule has 1 N–H and O–H groups in total. The topological polar surface area (TPSA) is 37.3 Å². The average molecular weight is 294 g/mol. The summed E-state index contributed by atoms with van der Waals surface area (Å²) in [6, 6.07) is 15.6. The number of hydrogen-bond donors (Lipinski definition) is 1. The van der Waals surface area contributed by atoms with Gasteiger partial charge in [-0.3, -0.25) is 0 Å². The van der Waals surface area contributed by atoms with Crippen molar-refractivity contribution in [2.24, 2.45) is 0 Å². The first-order valence-corrected chi connectivity index (χ1v) is 7.52. The van der Waals surface area contributed by atoms with Crippen molar-refractivity contribution in [2.45, 2.75) is 6.92 Å². The summed E-state index contributed by atoms with van der Waals surface area (Å²) in [6.45, 7) is 1.99. The van der Waals surface area contributed by atoms with Gasteiger partial charge >= 0.3 is 5.97 Å². The van der Waals surface area contributed by atoms with Crippen molar-refractivity contribution in [3.63, 3.8) is 0 Å². The van der Waals surface area contributed by atoms with E-state index in [1.807, 2.05) is 60.8 Å². The van der Waals surface area contributed by atoms with Crippen LogP contribution in [0, 0.1) is 6.92 Å². The molecule has 2 nitrogen and oxygen atoms in total. The van der Waals surface area contributed by atoms with Gasteiger partial charge in [0.1, 0.15) is 0 Å². The highest BCUT2D eigenvalue weighted by Gasteiger charge is 2.14. The zero-order valence-corrected chi connectivity index (χ0v) is 12.4. The molecule has 3 aromatic rings. The number of carboxylic acids is 1. The Labute approximate surface area is 127 Å². The standard InChI is InChI=1S/C18H14O2S/c1-12-9-10-21-17(12)11-16(18(19)20)15-8-4-6-13-5-2-3-7-14(13)15/h2-11H,1H3,(H,19,20)/b16-11-. The minimum Gasteiger partial charge on any atom is -0.478 e. The van der Waals surface area contributed by atoms with Crippen molar-refractivity contribution < 1.29 is 9.90 Å². The van der Waals surface area contributed by atoms with Gasteiger partial charge in [0.25, 0.3) is 0 Å². The van der Waals surface area contributed by atoms with Crippen molar-refractivity contribution in [2.75, 3.05) is 0 Å². The van der Waals surface area contributed by atoms with Gasteiger partial charge < -0.3 is 5.11 Å². The molecule has 0 radical (unpaired) electrons. The van der Waals surface area contributed by atoms with E-state index < -0.39 is 5.97 Å². The Morgan fingerprint density at radius 1 is 1.10 bits per heavy atom. The Bertz CT molecular complexity index is 838. The fraction of sp³-hybridized carbons (Fsp3) is 0.0556. The van der Waals surface area contributed by atoms with E-state index in [9.17, 15) is 9.90 Å². The molecule has 0 fully saturated rings. The minimum atomic E-state index is -0.904. The Morgan fingerprint density at radius 2 is 1.86 bits per heavy atom. The van der Waals surface area contributed by atoms with Gasteiger partial charge in [0, 0.05) is 4.88 Å². The molecule has 0 atom stereocenters. The number of rotatable bonds is 3. The van der Waals surface area contributed by atoms with Crippen LogP contribution in [-0.4, -0.2) is 11.1 Å². The van der Waals surface area contributed by atoms with E-state index in [-0.39, 0.29) is 0 Å². The molecule has 0 spiro atoms. The van der Waals surface area contributed by atoms with Gasteiger partial charge in [-0.15, -0.1) is 11.3 Å². The van der Waals surface area contributed by atoms with Gasteiger partial charge in [0.2, 0.25) is 0 Å². The van der Waals surface area contributed by atoms with Crippen LogP contribution in [0.25, 0.3) is 22.4 Å². The van der Waals surface area contributed by atoms with E-state index in [1.54, 1.807) is 17.4 Å². The predicted molar refractivity (Wildman–Crippen MR) is 88.5 cm³/mol.